The van der Waals surface area contributed by atoms with Crippen LogP contribution in [0.5, 0.6) is 0 Å². The molecule has 0 aromatic heterocycles. The molecule has 42 heavy (non-hydrogen) atoms. The van der Waals surface area contributed by atoms with E-state index in [1.165, 1.54) is 12.1 Å². The highest BCUT2D eigenvalue weighted by Gasteiger charge is 2.36. The highest BCUT2D eigenvalue weighted by atomic mass is 35.5. The van der Waals surface area contributed by atoms with Gasteiger partial charge in [-0.05, 0) is 53.6 Å². The van der Waals surface area contributed by atoms with Crippen molar-refractivity contribution in [1.29, 1.82) is 0 Å². The summed E-state index contributed by atoms with van der Waals surface area (Å²) in [5, 5.41) is 13.2. The monoisotopic (exact) mass is 618 g/mol. The molecular formula is C29H35ClN4O7S. The number of sulfonamides is 1. The Morgan fingerprint density at radius 3 is 2.57 bits per heavy atom. The Hall–Kier alpha value is -3.55. The van der Waals surface area contributed by atoms with E-state index in [0.717, 1.165) is 10.6 Å². The lowest BCUT2D eigenvalue weighted by Gasteiger charge is -2.20. The summed E-state index contributed by atoms with van der Waals surface area (Å²) in [7, 11) is -3.98. The summed E-state index contributed by atoms with van der Waals surface area (Å²) in [4.78, 5) is 42.7. The first-order chi connectivity index (χ1) is 20.0. The first kappa shape index (κ1) is 33.0. The zero-order valence-corrected chi connectivity index (χ0v) is 24.6. The number of nitrogens with two attached hydrogens (primary N) is 1. The van der Waals surface area contributed by atoms with Crippen LogP contribution < -0.4 is 15.8 Å². The highest BCUT2D eigenvalue weighted by Crippen LogP contribution is 2.21. The molecule has 1 fully saturated rings. The summed E-state index contributed by atoms with van der Waals surface area (Å²) >= 11 is 6.10. The molecule has 0 spiro atoms. The largest absolute Gasteiger partial charge is 0.481 e. The van der Waals surface area contributed by atoms with Gasteiger partial charge in [-0.2, -0.15) is 0 Å². The van der Waals surface area contributed by atoms with E-state index in [1.54, 1.807) is 42.5 Å². The van der Waals surface area contributed by atoms with Gasteiger partial charge >= 0.3 is 5.97 Å². The maximum absolute atomic E-state index is 13.3. The van der Waals surface area contributed by atoms with Gasteiger partial charge in [0.2, 0.25) is 15.9 Å². The number of amides is 2. The lowest BCUT2D eigenvalue weighted by molar-refractivity contribution is -0.164. The summed E-state index contributed by atoms with van der Waals surface area (Å²) < 4.78 is 28.5. The predicted octanol–water partition coefficient (Wildman–Crippen LogP) is 2.59. The number of hydrogen-bond acceptors (Lipinski definition) is 7. The second-order valence-electron chi connectivity index (χ2n) is 9.76. The number of allylic oxidation sites excluding steroid dienone is 3. The molecule has 2 atom stereocenters. The first-order valence-corrected chi connectivity index (χ1v) is 15.3. The fraction of sp³-hybridized carbons (Fsp3) is 0.345. The van der Waals surface area contributed by atoms with E-state index >= 15 is 0 Å². The number of carboxylic acid groups (broad SMARTS) is 1. The average molecular weight is 619 g/mol. The van der Waals surface area contributed by atoms with Crippen molar-refractivity contribution in [3.05, 3.63) is 94.5 Å². The minimum absolute atomic E-state index is 0.0786. The summed E-state index contributed by atoms with van der Waals surface area (Å²) in [5.41, 5.74) is 8.26. The molecule has 0 aliphatic carbocycles. The second kappa shape index (κ2) is 15.6. The van der Waals surface area contributed by atoms with Crippen molar-refractivity contribution in [3.8, 4) is 0 Å². The van der Waals surface area contributed by atoms with E-state index in [-0.39, 0.29) is 32.5 Å². The third kappa shape index (κ3) is 10.1. The molecule has 1 saturated heterocycles. The van der Waals surface area contributed by atoms with Crippen molar-refractivity contribution in [1.82, 2.24) is 15.1 Å². The highest BCUT2D eigenvalue weighted by molar-refractivity contribution is 7.88. The van der Waals surface area contributed by atoms with E-state index < -0.39 is 45.6 Å². The van der Waals surface area contributed by atoms with Gasteiger partial charge in [0, 0.05) is 11.6 Å². The molecule has 5 N–H and O–H groups in total. The Kier molecular flexibility index (Phi) is 12.3. The molecule has 1 heterocycles. The number of hydrogen-bond donors (Lipinski definition) is 4. The molecule has 3 rings (SSSR count). The Labute approximate surface area is 250 Å². The number of benzene rings is 2. The summed E-state index contributed by atoms with van der Waals surface area (Å²) in [6.45, 7) is 3.81. The molecule has 1 aliphatic rings. The molecule has 2 amide bonds. The molecular weight excluding hydrogens is 584 g/mol. The average Bonchev–Trinajstić information content (AvgIpc) is 3.27. The third-order valence-electron chi connectivity index (χ3n) is 6.47. The molecule has 13 heteroatoms. The standard InChI is InChI=1S/C29H35ClN4O7S/c1-2-3-4-5-6-7-25(33-42(39,40)19-21-10-8-20(9-11-21)14-27(35)36)28(37)32-26-18-41-34(29(26)38)17-23-15-24(30)13-12-22(23)16-31/h2-4,8-13,15,25-26,33H,1,5-7,14,16-19,31H2,(H,32,37)(H,35,36)/b4-3-/t25-,26+/m1/s1. The Balaban J connectivity index is 1.67. The molecule has 1 aliphatic heterocycles. The van der Waals surface area contributed by atoms with Crippen molar-refractivity contribution in [3.63, 3.8) is 0 Å². The van der Waals surface area contributed by atoms with Gasteiger partial charge in [-0.15, -0.1) is 0 Å². The quantitative estimate of drug-likeness (QED) is 0.164. The Morgan fingerprint density at radius 1 is 1.19 bits per heavy atom. The molecule has 2 aromatic carbocycles. The molecule has 11 nitrogen and oxygen atoms in total. The van der Waals surface area contributed by atoms with Gasteiger partial charge in [-0.1, -0.05) is 66.7 Å². The summed E-state index contributed by atoms with van der Waals surface area (Å²) in [5.74, 6) is -2.54. The lowest BCUT2D eigenvalue weighted by Crippen LogP contribution is -2.52. The van der Waals surface area contributed by atoms with Crippen LogP contribution in [0.2, 0.25) is 5.02 Å². The Bertz CT molecular complexity index is 1410. The van der Waals surface area contributed by atoms with Crippen molar-refractivity contribution < 1.29 is 32.7 Å². The maximum atomic E-state index is 13.3. The minimum atomic E-state index is -3.98. The van der Waals surface area contributed by atoms with Gasteiger partial charge in [0.15, 0.2) is 0 Å². The van der Waals surface area contributed by atoms with Crippen LogP contribution in [0.3, 0.4) is 0 Å². The van der Waals surface area contributed by atoms with Crippen LogP contribution in [-0.4, -0.2) is 55.1 Å². The zero-order chi connectivity index (χ0) is 30.7. The fourth-order valence-corrected chi connectivity index (χ4v) is 5.92. The first-order valence-electron chi connectivity index (χ1n) is 13.3. The number of carbonyl (C=O) groups is 3. The van der Waals surface area contributed by atoms with Crippen LogP contribution in [0.1, 0.15) is 41.5 Å². The maximum Gasteiger partial charge on any atom is 0.307 e. The van der Waals surface area contributed by atoms with Gasteiger partial charge in [-0.3, -0.25) is 19.2 Å². The lowest BCUT2D eigenvalue weighted by atomic mass is 10.1. The molecule has 0 bridgehead atoms. The minimum Gasteiger partial charge on any atom is -0.481 e. The number of hydroxylamine groups is 2. The van der Waals surface area contributed by atoms with Crippen molar-refractivity contribution in [2.45, 2.75) is 56.6 Å². The van der Waals surface area contributed by atoms with Crippen molar-refractivity contribution in [2.24, 2.45) is 5.73 Å². The van der Waals surface area contributed by atoms with Gasteiger partial charge in [0.05, 0.1) is 18.7 Å². The normalized spacial score (nSPS) is 16.1. The molecule has 2 aromatic rings. The fourth-order valence-electron chi connectivity index (χ4n) is 4.35. The summed E-state index contributed by atoms with van der Waals surface area (Å²) in [6.07, 6.45) is 6.31. The number of unbranched alkanes of at least 4 members (excludes halogenated alkanes) is 1. The SMILES string of the molecule is C=C/C=C\CCC[C@@H](NS(=O)(=O)Cc1ccc(CC(=O)O)cc1)C(=O)N[C@H]1CON(Cc2cc(Cl)ccc2CN)C1=O. The van der Waals surface area contributed by atoms with E-state index in [4.69, 9.17) is 27.3 Å². The summed E-state index contributed by atoms with van der Waals surface area (Å²) in [6, 6.07) is 9.17. The van der Waals surface area contributed by atoms with Crippen LogP contribution in [0.4, 0.5) is 0 Å². The number of nitrogens with zero attached hydrogens (tertiary/aromatic N) is 1. The number of carbonyl (C=O) groups excluding carboxylic acids is 2. The van der Waals surface area contributed by atoms with Gasteiger partial charge in [0.1, 0.15) is 18.7 Å². The number of nitrogens with one attached hydrogen (secondary N) is 2. The van der Waals surface area contributed by atoms with E-state index in [1.807, 2.05) is 6.08 Å². The molecule has 0 saturated carbocycles. The number of carboxylic acids is 1. The van der Waals surface area contributed by atoms with E-state index in [9.17, 15) is 22.8 Å². The van der Waals surface area contributed by atoms with E-state index in [2.05, 4.69) is 16.6 Å². The zero-order valence-electron chi connectivity index (χ0n) is 23.0. The topological polar surface area (TPSA) is 168 Å². The second-order valence-corrected chi connectivity index (χ2v) is 12.0. The third-order valence-corrected chi connectivity index (χ3v) is 8.06. The van der Waals surface area contributed by atoms with Gasteiger partial charge < -0.3 is 16.2 Å². The van der Waals surface area contributed by atoms with Crippen LogP contribution in [-0.2, 0) is 54.5 Å². The number of aliphatic carboxylic acids is 1. The van der Waals surface area contributed by atoms with Crippen molar-refractivity contribution in [2.75, 3.05) is 6.61 Å². The Morgan fingerprint density at radius 2 is 1.90 bits per heavy atom. The van der Waals surface area contributed by atoms with Crippen LogP contribution >= 0.6 is 11.6 Å². The van der Waals surface area contributed by atoms with Crippen LogP contribution in [0.15, 0.2) is 67.3 Å². The van der Waals surface area contributed by atoms with Gasteiger partial charge in [0.25, 0.3) is 5.91 Å². The molecule has 226 valence electrons. The molecule has 0 radical (unpaired) electrons. The van der Waals surface area contributed by atoms with Gasteiger partial charge in [-0.25, -0.2) is 18.2 Å². The number of halogens is 1. The van der Waals surface area contributed by atoms with Crippen LogP contribution in [0, 0.1) is 0 Å². The molecule has 0 unspecified atom stereocenters. The van der Waals surface area contributed by atoms with E-state index in [0.29, 0.717) is 34.6 Å². The smallest absolute Gasteiger partial charge is 0.307 e. The van der Waals surface area contributed by atoms with Crippen LogP contribution in [0.25, 0.3) is 0 Å². The van der Waals surface area contributed by atoms with Crippen molar-refractivity contribution >= 4 is 39.4 Å². The predicted molar refractivity (Wildman–Crippen MR) is 158 cm³/mol. The number of rotatable bonds is 16.